The summed E-state index contributed by atoms with van der Waals surface area (Å²) in [6.45, 7) is 1.73. The number of ether oxygens (including phenoxy) is 2. The van der Waals surface area contributed by atoms with Gasteiger partial charge in [0.15, 0.2) is 12.4 Å². The van der Waals surface area contributed by atoms with Crippen LogP contribution in [0.15, 0.2) is 48.5 Å². The molecule has 0 radical (unpaired) electrons. The number of hydrogen-bond donors (Lipinski definition) is 1. The molecule has 0 heterocycles. The topological polar surface area (TPSA) is 64.6 Å². The third-order valence-corrected chi connectivity index (χ3v) is 3.24. The highest BCUT2D eigenvalue weighted by Gasteiger charge is 2.08. The van der Waals surface area contributed by atoms with Crippen molar-refractivity contribution in [1.82, 2.24) is 0 Å². The van der Waals surface area contributed by atoms with Gasteiger partial charge in [-0.3, -0.25) is 9.59 Å². The maximum absolute atomic E-state index is 12.1. The number of Topliss-reactive ketones (excluding diaryl/α,β-unsaturated/α-hetero) is 1. The molecule has 0 fully saturated rings. The van der Waals surface area contributed by atoms with Crippen LogP contribution in [0.4, 0.5) is 5.69 Å². The average Bonchev–Trinajstić information content (AvgIpc) is 2.60. The number of ketones is 1. The van der Waals surface area contributed by atoms with Crippen molar-refractivity contribution < 1.29 is 19.1 Å². The van der Waals surface area contributed by atoms with Gasteiger partial charge in [0.25, 0.3) is 0 Å². The Labute approximate surface area is 135 Å². The van der Waals surface area contributed by atoms with Gasteiger partial charge in [0.05, 0.1) is 7.11 Å². The van der Waals surface area contributed by atoms with E-state index < -0.39 is 0 Å². The number of rotatable bonds is 7. The van der Waals surface area contributed by atoms with E-state index in [2.05, 4.69) is 5.32 Å². The summed E-state index contributed by atoms with van der Waals surface area (Å²) in [6.07, 6.45) is 0.413. The van der Waals surface area contributed by atoms with Crippen molar-refractivity contribution in [1.29, 1.82) is 0 Å². The zero-order chi connectivity index (χ0) is 16.7. The summed E-state index contributed by atoms with van der Waals surface area (Å²) < 4.78 is 10.5. The van der Waals surface area contributed by atoms with Crippen LogP contribution in [0.3, 0.4) is 0 Å². The number of carbonyl (C=O) groups excluding carboxylic acids is 2. The monoisotopic (exact) mass is 313 g/mol. The molecule has 2 aromatic carbocycles. The van der Waals surface area contributed by atoms with Crippen LogP contribution >= 0.6 is 0 Å². The first kappa shape index (κ1) is 16.5. The molecule has 1 N–H and O–H groups in total. The molecule has 0 saturated carbocycles. The van der Waals surface area contributed by atoms with E-state index in [-0.39, 0.29) is 18.3 Å². The van der Waals surface area contributed by atoms with Gasteiger partial charge in [-0.2, -0.15) is 0 Å². The molecule has 2 rings (SSSR count). The summed E-state index contributed by atoms with van der Waals surface area (Å²) in [5.74, 6) is 1.14. The van der Waals surface area contributed by atoms with Gasteiger partial charge in [0.1, 0.15) is 11.5 Å². The van der Waals surface area contributed by atoms with Crippen molar-refractivity contribution in [3.05, 3.63) is 54.1 Å². The van der Waals surface area contributed by atoms with E-state index in [1.165, 1.54) is 0 Å². The van der Waals surface area contributed by atoms with Crippen molar-refractivity contribution in [3.8, 4) is 11.5 Å². The minimum absolute atomic E-state index is 0.0486. The molecule has 0 aliphatic heterocycles. The van der Waals surface area contributed by atoms with Crippen molar-refractivity contribution in [2.24, 2.45) is 0 Å². The minimum Gasteiger partial charge on any atom is -0.497 e. The number of benzene rings is 2. The second kappa shape index (κ2) is 7.98. The molecule has 120 valence electrons. The van der Waals surface area contributed by atoms with Crippen molar-refractivity contribution in [2.45, 2.75) is 13.3 Å². The second-order valence-electron chi connectivity index (χ2n) is 4.87. The Bertz CT molecular complexity index is 662. The Morgan fingerprint density at radius 3 is 2.13 bits per heavy atom. The van der Waals surface area contributed by atoms with E-state index >= 15 is 0 Å². The van der Waals surface area contributed by atoms with Crippen LogP contribution < -0.4 is 14.8 Å². The third kappa shape index (κ3) is 4.85. The van der Waals surface area contributed by atoms with Crippen LogP contribution in [0.1, 0.15) is 23.7 Å². The summed E-state index contributed by atoms with van der Waals surface area (Å²) >= 11 is 0. The molecule has 0 aliphatic carbocycles. The van der Waals surface area contributed by atoms with Gasteiger partial charge >= 0.3 is 0 Å². The molecule has 0 spiro atoms. The van der Waals surface area contributed by atoms with E-state index in [0.717, 1.165) is 5.75 Å². The van der Waals surface area contributed by atoms with Gasteiger partial charge in [0, 0.05) is 17.7 Å². The lowest BCUT2D eigenvalue weighted by Gasteiger charge is -2.07. The molecule has 23 heavy (non-hydrogen) atoms. The van der Waals surface area contributed by atoms with Crippen LogP contribution in [-0.4, -0.2) is 25.4 Å². The molecule has 0 saturated heterocycles. The number of carbonyl (C=O) groups is 2. The second-order valence-corrected chi connectivity index (χ2v) is 4.87. The highest BCUT2D eigenvalue weighted by Crippen LogP contribution is 2.17. The summed E-state index contributed by atoms with van der Waals surface area (Å²) in [7, 11) is 1.59. The van der Waals surface area contributed by atoms with Gasteiger partial charge < -0.3 is 14.8 Å². The zero-order valence-corrected chi connectivity index (χ0v) is 13.2. The van der Waals surface area contributed by atoms with Crippen LogP contribution in [0, 0.1) is 0 Å². The fourth-order valence-electron chi connectivity index (χ4n) is 1.89. The molecule has 0 bridgehead atoms. The molecule has 0 aliphatic rings. The summed E-state index contributed by atoms with van der Waals surface area (Å²) in [5.41, 5.74) is 1.21. The minimum atomic E-state index is -0.130. The van der Waals surface area contributed by atoms with Gasteiger partial charge in [0.2, 0.25) is 5.91 Å². The van der Waals surface area contributed by atoms with Crippen LogP contribution in [0.2, 0.25) is 0 Å². The van der Waals surface area contributed by atoms with Crippen molar-refractivity contribution in [2.75, 3.05) is 19.0 Å². The van der Waals surface area contributed by atoms with Crippen molar-refractivity contribution in [3.63, 3.8) is 0 Å². The zero-order valence-electron chi connectivity index (χ0n) is 13.2. The summed E-state index contributed by atoms with van der Waals surface area (Å²) in [4.78, 5) is 23.4. The molecule has 0 unspecified atom stereocenters. The smallest absolute Gasteiger partial charge is 0.224 e. The molecule has 0 aromatic heterocycles. The van der Waals surface area contributed by atoms with Gasteiger partial charge in [-0.15, -0.1) is 0 Å². The lowest BCUT2D eigenvalue weighted by molar-refractivity contribution is -0.115. The predicted molar refractivity (Wildman–Crippen MR) is 88.2 cm³/mol. The number of amides is 1. The highest BCUT2D eigenvalue weighted by molar-refractivity contribution is 5.98. The normalized spacial score (nSPS) is 10.0. The average molecular weight is 313 g/mol. The lowest BCUT2D eigenvalue weighted by Crippen LogP contribution is -2.12. The SMILES string of the molecule is CCC(=O)Nc1ccc(C(=O)COc2ccc(OC)cc2)cc1. The van der Waals surface area contributed by atoms with Crippen LogP contribution in [0.5, 0.6) is 11.5 Å². The lowest BCUT2D eigenvalue weighted by atomic mass is 10.1. The molecule has 5 nitrogen and oxygen atoms in total. The first-order valence-electron chi connectivity index (χ1n) is 7.32. The standard InChI is InChI=1S/C18H19NO4/c1-3-18(21)19-14-6-4-13(5-7-14)17(20)12-23-16-10-8-15(22-2)9-11-16/h4-11H,3,12H2,1-2H3,(H,19,21). The van der Waals surface area contributed by atoms with Gasteiger partial charge in [-0.1, -0.05) is 6.92 Å². The molecule has 0 atom stereocenters. The van der Waals surface area contributed by atoms with Crippen LogP contribution in [-0.2, 0) is 4.79 Å². The Hall–Kier alpha value is -2.82. The molecule has 5 heteroatoms. The summed E-state index contributed by atoms with van der Waals surface area (Å²) in [5, 5.41) is 2.73. The number of hydrogen-bond acceptors (Lipinski definition) is 4. The van der Waals surface area contributed by atoms with E-state index in [0.29, 0.717) is 23.4 Å². The Morgan fingerprint density at radius 2 is 1.57 bits per heavy atom. The van der Waals surface area contributed by atoms with Crippen molar-refractivity contribution >= 4 is 17.4 Å². The first-order chi connectivity index (χ1) is 11.1. The summed E-state index contributed by atoms with van der Waals surface area (Å²) in [6, 6.07) is 13.8. The van der Waals surface area contributed by atoms with E-state index in [1.54, 1.807) is 62.6 Å². The number of anilines is 1. The fraction of sp³-hybridized carbons (Fsp3) is 0.222. The number of methoxy groups -OCH3 is 1. The molecular weight excluding hydrogens is 294 g/mol. The predicted octanol–water partition coefficient (Wildman–Crippen LogP) is 3.31. The maximum atomic E-state index is 12.1. The Kier molecular flexibility index (Phi) is 5.74. The number of nitrogens with one attached hydrogen (secondary N) is 1. The fourth-order valence-corrected chi connectivity index (χ4v) is 1.89. The largest absolute Gasteiger partial charge is 0.497 e. The van der Waals surface area contributed by atoms with Gasteiger partial charge in [-0.05, 0) is 48.5 Å². The quantitative estimate of drug-likeness (QED) is 0.797. The van der Waals surface area contributed by atoms with Gasteiger partial charge in [-0.25, -0.2) is 0 Å². The Balaban J connectivity index is 1.90. The molecular formula is C18H19NO4. The van der Waals surface area contributed by atoms with E-state index in [4.69, 9.17) is 9.47 Å². The van der Waals surface area contributed by atoms with E-state index in [9.17, 15) is 9.59 Å². The third-order valence-electron chi connectivity index (χ3n) is 3.24. The maximum Gasteiger partial charge on any atom is 0.224 e. The molecule has 1 amide bonds. The Morgan fingerprint density at radius 1 is 0.957 bits per heavy atom. The van der Waals surface area contributed by atoms with E-state index in [1.807, 2.05) is 0 Å². The first-order valence-corrected chi connectivity index (χ1v) is 7.32. The van der Waals surface area contributed by atoms with Crippen LogP contribution in [0.25, 0.3) is 0 Å². The molecule has 2 aromatic rings. The highest BCUT2D eigenvalue weighted by atomic mass is 16.5.